The summed E-state index contributed by atoms with van der Waals surface area (Å²) >= 11 is 0. The van der Waals surface area contributed by atoms with Crippen LogP contribution in [0.1, 0.15) is 40.0 Å². The van der Waals surface area contributed by atoms with Gasteiger partial charge in [0.05, 0.1) is 0 Å². The van der Waals surface area contributed by atoms with Gasteiger partial charge in [0, 0.05) is 6.54 Å². The molecule has 0 saturated carbocycles. The average Bonchev–Trinajstić information content (AvgIpc) is 2.07. The van der Waals surface area contributed by atoms with Crippen LogP contribution in [-0.2, 0) is 0 Å². The van der Waals surface area contributed by atoms with Crippen molar-refractivity contribution in [3.63, 3.8) is 0 Å². The smallest absolute Gasteiger partial charge is 0.0112 e. The first-order valence-electron chi connectivity index (χ1n) is 5.23. The highest BCUT2D eigenvalue weighted by Crippen LogP contribution is 2.04. The Morgan fingerprint density at radius 1 is 1.38 bits per heavy atom. The lowest BCUT2D eigenvalue weighted by molar-refractivity contribution is 0.541. The second-order valence-electron chi connectivity index (χ2n) is 3.44. The quantitative estimate of drug-likeness (QED) is 0.626. The molecular formula is C11H26N2. The van der Waals surface area contributed by atoms with Gasteiger partial charge in [-0.25, -0.2) is 0 Å². The molecule has 0 unspecified atom stereocenters. The van der Waals surface area contributed by atoms with Crippen LogP contribution in [-0.4, -0.2) is 13.1 Å². The Morgan fingerprint density at radius 2 is 2.00 bits per heavy atom. The maximum absolute atomic E-state index is 5.31. The number of nitrogens with one attached hydrogen (secondary N) is 1. The van der Waals surface area contributed by atoms with E-state index >= 15 is 0 Å². The third kappa shape index (κ3) is 24.6. The van der Waals surface area contributed by atoms with Crippen molar-refractivity contribution in [2.75, 3.05) is 13.1 Å². The van der Waals surface area contributed by atoms with E-state index in [-0.39, 0.29) is 0 Å². The largest absolute Gasteiger partial charge is 0.392 e. The Bertz CT molecular complexity index is 90.1. The summed E-state index contributed by atoms with van der Waals surface area (Å²) < 4.78 is 0. The van der Waals surface area contributed by atoms with E-state index in [1.54, 1.807) is 6.20 Å². The summed E-state index contributed by atoms with van der Waals surface area (Å²) in [6, 6.07) is 0. The highest BCUT2D eigenvalue weighted by Gasteiger charge is 1.90. The molecule has 0 aromatic rings. The van der Waals surface area contributed by atoms with Crippen LogP contribution >= 0.6 is 0 Å². The molecule has 0 amide bonds. The van der Waals surface area contributed by atoms with Crippen molar-refractivity contribution in [2.24, 2.45) is 11.7 Å². The van der Waals surface area contributed by atoms with Gasteiger partial charge in [0.1, 0.15) is 0 Å². The van der Waals surface area contributed by atoms with Crippen LogP contribution in [0, 0.1) is 5.92 Å². The maximum atomic E-state index is 5.31. The predicted molar refractivity (Wildman–Crippen MR) is 61.6 cm³/mol. The summed E-state index contributed by atoms with van der Waals surface area (Å²) in [5.41, 5.74) is 5.31. The van der Waals surface area contributed by atoms with Crippen LogP contribution in [0.3, 0.4) is 0 Å². The van der Waals surface area contributed by atoms with Crippen molar-refractivity contribution in [3.8, 4) is 0 Å². The van der Waals surface area contributed by atoms with E-state index in [1.807, 2.05) is 6.92 Å². The van der Waals surface area contributed by atoms with Gasteiger partial charge in [-0.15, -0.1) is 0 Å². The van der Waals surface area contributed by atoms with Crippen LogP contribution in [0.2, 0.25) is 0 Å². The molecule has 2 nitrogen and oxygen atoms in total. The zero-order valence-electron chi connectivity index (χ0n) is 9.47. The number of hydrogen-bond donors (Lipinski definition) is 2. The van der Waals surface area contributed by atoms with Crippen molar-refractivity contribution in [1.29, 1.82) is 0 Å². The molecule has 0 aromatic heterocycles. The number of rotatable bonds is 6. The second kappa shape index (κ2) is 14.0. The van der Waals surface area contributed by atoms with E-state index in [0.717, 1.165) is 19.0 Å². The molecule has 0 bridgehead atoms. The third-order valence-electron chi connectivity index (χ3n) is 1.58. The van der Waals surface area contributed by atoms with Gasteiger partial charge in [-0.1, -0.05) is 33.3 Å². The van der Waals surface area contributed by atoms with Gasteiger partial charge >= 0.3 is 0 Å². The van der Waals surface area contributed by atoms with E-state index in [1.165, 1.54) is 19.3 Å². The zero-order chi connectivity index (χ0) is 10.5. The monoisotopic (exact) mass is 186 g/mol. The van der Waals surface area contributed by atoms with Crippen LogP contribution in [0.5, 0.6) is 0 Å². The van der Waals surface area contributed by atoms with E-state index in [9.17, 15) is 0 Å². The summed E-state index contributed by atoms with van der Waals surface area (Å²) in [6.45, 7) is 11.8. The van der Waals surface area contributed by atoms with Crippen molar-refractivity contribution < 1.29 is 0 Å². The van der Waals surface area contributed by atoms with Gasteiger partial charge in [0.25, 0.3) is 0 Å². The molecule has 3 N–H and O–H groups in total. The minimum atomic E-state index is 0.849. The fourth-order valence-corrected chi connectivity index (χ4v) is 0.841. The molecule has 0 heterocycles. The number of unbranched alkanes of at least 4 members (excludes halogenated alkanes) is 1. The molecular weight excluding hydrogens is 160 g/mol. The van der Waals surface area contributed by atoms with Gasteiger partial charge in [-0.05, 0) is 32.0 Å². The lowest BCUT2D eigenvalue weighted by Gasteiger charge is -2.00. The fraction of sp³-hybridized carbons (Fsp3) is 0.818. The summed E-state index contributed by atoms with van der Waals surface area (Å²) in [6.07, 6.45) is 5.50. The van der Waals surface area contributed by atoms with Crippen molar-refractivity contribution >= 4 is 0 Å². The SMILES string of the molecule is C=CNCC.CC(C)CCCCN. The fourth-order valence-electron chi connectivity index (χ4n) is 0.841. The molecule has 2 heteroatoms. The Labute approximate surface area is 83.6 Å². The molecule has 0 spiro atoms. The van der Waals surface area contributed by atoms with Gasteiger partial charge in [-0.2, -0.15) is 0 Å². The van der Waals surface area contributed by atoms with E-state index < -0.39 is 0 Å². The van der Waals surface area contributed by atoms with Crippen LogP contribution < -0.4 is 11.1 Å². The first-order valence-corrected chi connectivity index (χ1v) is 5.23. The predicted octanol–water partition coefficient (Wildman–Crippen LogP) is 2.51. The molecule has 0 radical (unpaired) electrons. The van der Waals surface area contributed by atoms with Gasteiger partial charge in [0.15, 0.2) is 0 Å². The minimum absolute atomic E-state index is 0.849. The van der Waals surface area contributed by atoms with Crippen molar-refractivity contribution in [1.82, 2.24) is 5.32 Å². The van der Waals surface area contributed by atoms with Gasteiger partial charge < -0.3 is 11.1 Å². The molecule has 0 aliphatic heterocycles. The Morgan fingerprint density at radius 3 is 2.23 bits per heavy atom. The Kier molecular flexibility index (Phi) is 16.2. The van der Waals surface area contributed by atoms with Crippen molar-refractivity contribution in [2.45, 2.75) is 40.0 Å². The molecule has 0 rings (SSSR count). The second-order valence-corrected chi connectivity index (χ2v) is 3.44. The first kappa shape index (κ1) is 15.0. The molecule has 0 aromatic carbocycles. The molecule has 13 heavy (non-hydrogen) atoms. The summed E-state index contributed by atoms with van der Waals surface area (Å²) in [7, 11) is 0. The normalized spacial score (nSPS) is 9.00. The summed E-state index contributed by atoms with van der Waals surface area (Å²) in [5, 5.41) is 2.88. The molecule has 0 atom stereocenters. The van der Waals surface area contributed by atoms with E-state index in [2.05, 4.69) is 25.7 Å². The molecule has 0 saturated heterocycles. The van der Waals surface area contributed by atoms with Gasteiger partial charge in [-0.3, -0.25) is 0 Å². The summed E-state index contributed by atoms with van der Waals surface area (Å²) in [5.74, 6) is 0.849. The van der Waals surface area contributed by atoms with Crippen LogP contribution in [0.25, 0.3) is 0 Å². The van der Waals surface area contributed by atoms with Crippen LogP contribution in [0.4, 0.5) is 0 Å². The first-order chi connectivity index (χ1) is 6.18. The van der Waals surface area contributed by atoms with Gasteiger partial charge in [0.2, 0.25) is 0 Å². The highest BCUT2D eigenvalue weighted by molar-refractivity contribution is 4.58. The minimum Gasteiger partial charge on any atom is -0.392 e. The maximum Gasteiger partial charge on any atom is 0.0112 e. The van der Waals surface area contributed by atoms with Crippen molar-refractivity contribution in [3.05, 3.63) is 12.8 Å². The molecule has 0 fully saturated rings. The molecule has 80 valence electrons. The zero-order valence-corrected chi connectivity index (χ0v) is 9.47. The number of nitrogens with two attached hydrogens (primary N) is 1. The topological polar surface area (TPSA) is 38.0 Å². The average molecular weight is 186 g/mol. The molecule has 0 aliphatic carbocycles. The van der Waals surface area contributed by atoms with E-state index in [0.29, 0.717) is 0 Å². The standard InChI is InChI=1S/C7H17N.C4H9N/c1-7(2)5-3-4-6-8;1-3-5-4-2/h7H,3-6,8H2,1-2H3;3,5H,1,4H2,2H3. The lowest BCUT2D eigenvalue weighted by Crippen LogP contribution is -1.99. The number of hydrogen-bond acceptors (Lipinski definition) is 2. The third-order valence-corrected chi connectivity index (χ3v) is 1.58. The summed E-state index contributed by atoms with van der Waals surface area (Å²) in [4.78, 5) is 0. The van der Waals surface area contributed by atoms with Crippen LogP contribution in [0.15, 0.2) is 12.8 Å². The molecule has 0 aliphatic rings. The van der Waals surface area contributed by atoms with E-state index in [4.69, 9.17) is 5.73 Å². The Balaban J connectivity index is 0. The Hall–Kier alpha value is -0.500. The highest BCUT2D eigenvalue weighted by atomic mass is 14.8. The lowest BCUT2D eigenvalue weighted by atomic mass is 10.1.